The number of hydrogen-bond acceptors (Lipinski definition) is 6. The molecule has 0 fully saturated rings. The largest absolute Gasteiger partial charge is 0.496 e. The number of benzene rings is 2. The Morgan fingerprint density at radius 1 is 1.16 bits per heavy atom. The van der Waals surface area contributed by atoms with Crippen LogP contribution in [0, 0.1) is 24.0 Å². The normalized spacial score (nSPS) is 12.1. The number of nitrogens with zero attached hydrogens (tertiary/aromatic N) is 4. The van der Waals surface area contributed by atoms with E-state index in [4.69, 9.17) is 9.72 Å². The first-order valence-electron chi connectivity index (χ1n) is 9.89. The number of nitro benzene ring substituents is 1. The van der Waals surface area contributed by atoms with Crippen molar-refractivity contribution in [1.82, 2.24) is 14.5 Å². The summed E-state index contributed by atoms with van der Waals surface area (Å²) >= 11 is 0. The number of non-ortho nitro benzene ring substituents is 1. The van der Waals surface area contributed by atoms with E-state index in [1.807, 2.05) is 43.7 Å². The predicted molar refractivity (Wildman–Crippen MR) is 123 cm³/mol. The zero-order chi connectivity index (χ0) is 23.0. The lowest BCUT2D eigenvalue weighted by molar-refractivity contribution is -0.384. The van der Waals surface area contributed by atoms with E-state index >= 15 is 0 Å². The highest BCUT2D eigenvalue weighted by Gasteiger charge is 2.20. The van der Waals surface area contributed by atoms with E-state index in [-0.39, 0.29) is 11.4 Å². The lowest BCUT2D eigenvalue weighted by atomic mass is 10.0. The van der Waals surface area contributed by atoms with Gasteiger partial charge in [0.05, 0.1) is 45.3 Å². The van der Waals surface area contributed by atoms with Crippen molar-refractivity contribution in [2.45, 2.75) is 24.8 Å². The smallest absolute Gasteiger partial charge is 0.269 e. The summed E-state index contributed by atoms with van der Waals surface area (Å²) in [5.74, 6) is 0.962. The van der Waals surface area contributed by atoms with Gasteiger partial charge in [-0.3, -0.25) is 19.3 Å². The Morgan fingerprint density at radius 3 is 2.53 bits per heavy atom. The van der Waals surface area contributed by atoms with Gasteiger partial charge in [0.15, 0.2) is 5.16 Å². The zero-order valence-corrected chi connectivity index (χ0v) is 19.0. The molecule has 2 aromatic carbocycles. The molecule has 0 aliphatic heterocycles. The molecule has 0 radical (unpaired) electrons. The first-order chi connectivity index (χ1) is 15.3. The summed E-state index contributed by atoms with van der Waals surface area (Å²) in [6.07, 6.45) is 1.72. The molecule has 0 bridgehead atoms. The second-order valence-corrected chi connectivity index (χ2v) is 8.81. The van der Waals surface area contributed by atoms with Crippen molar-refractivity contribution in [2.24, 2.45) is 7.05 Å². The van der Waals surface area contributed by atoms with Crippen molar-refractivity contribution in [2.75, 3.05) is 7.11 Å². The van der Waals surface area contributed by atoms with Gasteiger partial charge < -0.3 is 9.30 Å². The van der Waals surface area contributed by atoms with Gasteiger partial charge in [0.1, 0.15) is 5.75 Å². The number of aromatic nitrogens is 3. The van der Waals surface area contributed by atoms with Gasteiger partial charge in [-0.05, 0) is 37.6 Å². The second-order valence-electron chi connectivity index (χ2n) is 7.47. The van der Waals surface area contributed by atoms with Gasteiger partial charge in [-0.15, -0.1) is 0 Å². The topological polar surface area (TPSA) is 100 Å². The average Bonchev–Trinajstić information content (AvgIpc) is 3.13. The third kappa shape index (κ3) is 3.75. The fourth-order valence-corrected chi connectivity index (χ4v) is 5.06. The van der Waals surface area contributed by atoms with Crippen molar-refractivity contribution in [3.05, 3.63) is 75.6 Å². The maximum atomic E-state index is 13.3. The molecular weight excluding hydrogens is 428 g/mol. The van der Waals surface area contributed by atoms with E-state index in [0.29, 0.717) is 16.4 Å². The number of fused-ring (bicyclic) bond motifs is 1. The van der Waals surface area contributed by atoms with Crippen LogP contribution in [-0.2, 0) is 23.6 Å². The first kappa shape index (κ1) is 21.6. The van der Waals surface area contributed by atoms with E-state index in [1.54, 1.807) is 25.4 Å². The molecule has 0 N–H and O–H groups in total. The quantitative estimate of drug-likeness (QED) is 0.317. The molecular formula is C23H22N4O4S. The molecule has 0 saturated carbocycles. The molecule has 9 heteroatoms. The standard InChI is InChI=1S/C23H22N4O4S/c1-14-12-24-19(15(2)22(14)31-4)13-32(30)23-25-21-18(6-5-7-20(21)26(23)3)16-8-10-17(11-9-16)27(28)29/h5-12H,13H2,1-4H3. The van der Waals surface area contributed by atoms with Crippen molar-refractivity contribution in [3.63, 3.8) is 0 Å². The average molecular weight is 451 g/mol. The molecule has 8 nitrogen and oxygen atoms in total. The van der Waals surface area contributed by atoms with Crippen molar-refractivity contribution in [3.8, 4) is 16.9 Å². The van der Waals surface area contributed by atoms with Crippen LogP contribution in [0.5, 0.6) is 5.75 Å². The fourth-order valence-electron chi connectivity index (χ4n) is 3.80. The molecule has 32 heavy (non-hydrogen) atoms. The third-order valence-corrected chi connectivity index (χ3v) is 6.79. The number of aryl methyl sites for hydroxylation is 2. The van der Waals surface area contributed by atoms with E-state index in [2.05, 4.69) is 4.98 Å². The van der Waals surface area contributed by atoms with Gasteiger partial charge in [-0.1, -0.05) is 12.1 Å². The Kier molecular flexibility index (Phi) is 5.75. The summed E-state index contributed by atoms with van der Waals surface area (Å²) < 4.78 is 20.6. The van der Waals surface area contributed by atoms with Gasteiger partial charge in [0, 0.05) is 42.1 Å². The lowest BCUT2D eigenvalue weighted by Crippen LogP contribution is -2.07. The first-order valence-corrected chi connectivity index (χ1v) is 11.2. The third-order valence-electron chi connectivity index (χ3n) is 5.48. The molecule has 164 valence electrons. The summed E-state index contributed by atoms with van der Waals surface area (Å²) in [6, 6.07) is 12.0. The molecule has 4 aromatic rings. The van der Waals surface area contributed by atoms with Crippen LogP contribution in [0.25, 0.3) is 22.2 Å². The number of rotatable bonds is 6. The summed E-state index contributed by atoms with van der Waals surface area (Å²) in [6.45, 7) is 3.83. The van der Waals surface area contributed by atoms with Crippen LogP contribution in [-0.4, -0.2) is 30.8 Å². The summed E-state index contributed by atoms with van der Waals surface area (Å²) in [5.41, 5.74) is 5.67. The molecule has 2 aromatic heterocycles. The highest BCUT2D eigenvalue weighted by Crippen LogP contribution is 2.31. The summed E-state index contributed by atoms with van der Waals surface area (Å²) in [5, 5.41) is 11.4. The minimum absolute atomic E-state index is 0.0279. The molecule has 0 saturated heterocycles. The van der Waals surface area contributed by atoms with Crippen LogP contribution >= 0.6 is 0 Å². The monoisotopic (exact) mass is 450 g/mol. The number of imidazole rings is 1. The van der Waals surface area contributed by atoms with Crippen molar-refractivity contribution in [1.29, 1.82) is 0 Å². The van der Waals surface area contributed by atoms with Crippen LogP contribution in [0.2, 0.25) is 0 Å². The number of methoxy groups -OCH3 is 1. The maximum absolute atomic E-state index is 13.3. The van der Waals surface area contributed by atoms with E-state index in [1.165, 1.54) is 12.1 Å². The Balaban J connectivity index is 1.73. The maximum Gasteiger partial charge on any atom is 0.269 e. The number of hydrogen-bond donors (Lipinski definition) is 0. The number of ether oxygens (including phenoxy) is 1. The van der Waals surface area contributed by atoms with Crippen molar-refractivity contribution < 1.29 is 13.9 Å². The zero-order valence-electron chi connectivity index (χ0n) is 18.2. The van der Waals surface area contributed by atoms with Gasteiger partial charge in [-0.25, -0.2) is 4.98 Å². The van der Waals surface area contributed by atoms with Gasteiger partial charge >= 0.3 is 0 Å². The lowest BCUT2D eigenvalue weighted by Gasteiger charge is -2.12. The second kappa shape index (κ2) is 8.51. The van der Waals surface area contributed by atoms with Gasteiger partial charge in [-0.2, -0.15) is 0 Å². The van der Waals surface area contributed by atoms with Crippen LogP contribution < -0.4 is 4.74 Å². The van der Waals surface area contributed by atoms with Gasteiger partial charge in [0.2, 0.25) is 0 Å². The SMILES string of the molecule is COc1c(C)cnc(CS(=O)c2nc3c(-c4ccc([N+](=O)[O-])cc4)cccc3n2C)c1C. The number of pyridine rings is 1. The van der Waals surface area contributed by atoms with Crippen LogP contribution in [0.15, 0.2) is 53.8 Å². The molecule has 0 aliphatic rings. The minimum atomic E-state index is -1.44. The number of nitro groups is 1. The molecule has 1 atom stereocenters. The Labute approximate surface area is 187 Å². The molecule has 2 heterocycles. The number of para-hydroxylation sites is 1. The minimum Gasteiger partial charge on any atom is -0.496 e. The Hall–Kier alpha value is -3.59. The van der Waals surface area contributed by atoms with Crippen LogP contribution in [0.1, 0.15) is 16.8 Å². The Morgan fingerprint density at radius 2 is 1.88 bits per heavy atom. The molecule has 0 aliphatic carbocycles. The highest BCUT2D eigenvalue weighted by molar-refractivity contribution is 7.84. The molecule has 1 unspecified atom stereocenters. The molecule has 0 amide bonds. The highest BCUT2D eigenvalue weighted by atomic mass is 32.2. The van der Waals surface area contributed by atoms with Crippen LogP contribution in [0.3, 0.4) is 0 Å². The van der Waals surface area contributed by atoms with Crippen LogP contribution in [0.4, 0.5) is 5.69 Å². The summed E-state index contributed by atoms with van der Waals surface area (Å²) in [4.78, 5) is 19.7. The predicted octanol–water partition coefficient (Wildman–Crippen LogP) is 4.48. The van der Waals surface area contributed by atoms with Gasteiger partial charge in [0.25, 0.3) is 5.69 Å². The molecule has 4 rings (SSSR count). The molecule has 0 spiro atoms. The Bertz CT molecular complexity index is 1360. The van der Waals surface area contributed by atoms with E-state index < -0.39 is 15.7 Å². The van der Waals surface area contributed by atoms with Crippen molar-refractivity contribution >= 4 is 27.5 Å². The van der Waals surface area contributed by atoms with E-state index in [0.717, 1.165) is 33.5 Å². The summed E-state index contributed by atoms with van der Waals surface area (Å²) in [7, 11) is 2.01. The van der Waals surface area contributed by atoms with E-state index in [9.17, 15) is 14.3 Å². The fraction of sp³-hybridized carbons (Fsp3) is 0.217.